The number of aromatic nitrogens is 1. The van der Waals surface area contributed by atoms with Crippen molar-refractivity contribution >= 4 is 23.1 Å². The first-order chi connectivity index (χ1) is 11.1. The minimum absolute atomic E-state index is 0.0747. The van der Waals surface area contributed by atoms with Gasteiger partial charge < -0.3 is 9.47 Å². The summed E-state index contributed by atoms with van der Waals surface area (Å²) in [5, 5.41) is 2.91. The second-order valence-corrected chi connectivity index (χ2v) is 5.78. The Morgan fingerprint density at radius 2 is 1.91 bits per heavy atom. The molecule has 122 valence electrons. The first-order valence-electron chi connectivity index (χ1n) is 7.47. The SMILES string of the molecule is CCC(=O)c1ccc(OCC(=O)OCc2csc(CC)n2)cc1. The summed E-state index contributed by atoms with van der Waals surface area (Å²) >= 11 is 1.56. The highest BCUT2D eigenvalue weighted by Crippen LogP contribution is 2.14. The lowest BCUT2D eigenvalue weighted by Gasteiger charge is -2.07. The molecule has 0 N–H and O–H groups in total. The summed E-state index contributed by atoms with van der Waals surface area (Å²) in [5.41, 5.74) is 1.39. The summed E-state index contributed by atoms with van der Waals surface area (Å²) in [7, 11) is 0. The maximum absolute atomic E-state index is 11.7. The van der Waals surface area contributed by atoms with Crippen LogP contribution in [0.4, 0.5) is 0 Å². The summed E-state index contributed by atoms with van der Waals surface area (Å²) in [6.45, 7) is 3.82. The maximum Gasteiger partial charge on any atom is 0.344 e. The van der Waals surface area contributed by atoms with Gasteiger partial charge >= 0.3 is 5.97 Å². The van der Waals surface area contributed by atoms with Crippen molar-refractivity contribution in [2.45, 2.75) is 33.3 Å². The van der Waals surface area contributed by atoms with Crippen LogP contribution in [0.2, 0.25) is 0 Å². The van der Waals surface area contributed by atoms with E-state index in [1.807, 2.05) is 19.2 Å². The Morgan fingerprint density at radius 3 is 2.52 bits per heavy atom. The van der Waals surface area contributed by atoms with Crippen LogP contribution in [-0.2, 0) is 22.6 Å². The van der Waals surface area contributed by atoms with E-state index < -0.39 is 5.97 Å². The van der Waals surface area contributed by atoms with Crippen molar-refractivity contribution in [2.75, 3.05) is 6.61 Å². The fraction of sp³-hybridized carbons (Fsp3) is 0.353. The fourth-order valence-electron chi connectivity index (χ4n) is 1.86. The van der Waals surface area contributed by atoms with E-state index in [0.717, 1.165) is 17.1 Å². The zero-order valence-electron chi connectivity index (χ0n) is 13.2. The predicted molar refractivity (Wildman–Crippen MR) is 87.8 cm³/mol. The third kappa shape index (κ3) is 5.17. The molecule has 1 aromatic heterocycles. The van der Waals surface area contributed by atoms with Gasteiger partial charge in [-0.1, -0.05) is 13.8 Å². The topological polar surface area (TPSA) is 65.5 Å². The minimum atomic E-state index is -0.454. The lowest BCUT2D eigenvalue weighted by molar-refractivity contribution is -0.147. The molecule has 0 fully saturated rings. The zero-order valence-corrected chi connectivity index (χ0v) is 14.0. The smallest absolute Gasteiger partial charge is 0.344 e. The van der Waals surface area contributed by atoms with Crippen LogP contribution in [0.1, 0.15) is 41.3 Å². The Labute approximate surface area is 139 Å². The molecule has 0 aliphatic rings. The number of ketones is 1. The van der Waals surface area contributed by atoms with Crippen LogP contribution in [0.5, 0.6) is 5.75 Å². The van der Waals surface area contributed by atoms with Gasteiger partial charge in [0.1, 0.15) is 12.4 Å². The number of benzene rings is 1. The maximum atomic E-state index is 11.7. The standard InChI is InChI=1S/C17H19NO4S/c1-3-15(19)12-5-7-14(8-6-12)21-10-17(20)22-9-13-11-23-16(4-2)18-13/h5-8,11H,3-4,9-10H2,1-2H3. The molecule has 0 atom stereocenters. The van der Waals surface area contributed by atoms with E-state index in [0.29, 0.717) is 17.7 Å². The van der Waals surface area contributed by atoms with E-state index in [-0.39, 0.29) is 19.0 Å². The second kappa shape index (κ2) is 8.43. The molecule has 1 aromatic carbocycles. The molecular formula is C17H19NO4S. The first kappa shape index (κ1) is 17.1. The Morgan fingerprint density at radius 1 is 1.17 bits per heavy atom. The zero-order chi connectivity index (χ0) is 16.7. The summed E-state index contributed by atoms with van der Waals surface area (Å²) in [4.78, 5) is 27.5. The highest BCUT2D eigenvalue weighted by Gasteiger charge is 2.08. The summed E-state index contributed by atoms with van der Waals surface area (Å²) in [6.07, 6.45) is 1.33. The van der Waals surface area contributed by atoms with E-state index in [2.05, 4.69) is 4.98 Å². The van der Waals surface area contributed by atoms with E-state index >= 15 is 0 Å². The lowest BCUT2D eigenvalue weighted by Crippen LogP contribution is -2.15. The molecule has 2 rings (SSSR count). The van der Waals surface area contributed by atoms with Gasteiger partial charge in [-0.15, -0.1) is 11.3 Å². The molecule has 0 spiro atoms. The molecule has 0 saturated heterocycles. The number of esters is 1. The Kier molecular flexibility index (Phi) is 6.29. The number of carbonyl (C=O) groups excluding carboxylic acids is 2. The van der Waals surface area contributed by atoms with E-state index in [1.165, 1.54) is 0 Å². The van der Waals surface area contributed by atoms with E-state index in [1.54, 1.807) is 35.6 Å². The first-order valence-corrected chi connectivity index (χ1v) is 8.35. The van der Waals surface area contributed by atoms with Gasteiger partial charge in [-0.3, -0.25) is 4.79 Å². The third-order valence-corrected chi connectivity index (χ3v) is 4.18. The number of hydrogen-bond acceptors (Lipinski definition) is 6. The summed E-state index contributed by atoms with van der Waals surface area (Å²) in [6, 6.07) is 6.72. The van der Waals surface area contributed by atoms with Gasteiger partial charge in [0.2, 0.25) is 0 Å². The van der Waals surface area contributed by atoms with Crippen molar-refractivity contribution in [1.29, 1.82) is 0 Å². The van der Waals surface area contributed by atoms with Gasteiger partial charge in [-0.25, -0.2) is 9.78 Å². The van der Waals surface area contributed by atoms with Crippen molar-refractivity contribution in [3.63, 3.8) is 0 Å². The number of hydrogen-bond donors (Lipinski definition) is 0. The highest BCUT2D eigenvalue weighted by atomic mass is 32.1. The van der Waals surface area contributed by atoms with Crippen molar-refractivity contribution in [2.24, 2.45) is 0 Å². The highest BCUT2D eigenvalue weighted by molar-refractivity contribution is 7.09. The average molecular weight is 333 g/mol. The number of thiazole rings is 1. The Balaban J connectivity index is 1.76. The number of rotatable bonds is 8. The largest absolute Gasteiger partial charge is 0.482 e. The van der Waals surface area contributed by atoms with Crippen LogP contribution >= 0.6 is 11.3 Å². The molecule has 0 unspecified atom stereocenters. The molecule has 0 saturated carbocycles. The van der Waals surface area contributed by atoms with Crippen molar-refractivity contribution in [3.8, 4) is 5.75 Å². The minimum Gasteiger partial charge on any atom is -0.482 e. The fourth-order valence-corrected chi connectivity index (χ4v) is 2.59. The van der Waals surface area contributed by atoms with Crippen LogP contribution in [0.25, 0.3) is 0 Å². The molecule has 0 bridgehead atoms. The van der Waals surface area contributed by atoms with Crippen LogP contribution in [0.3, 0.4) is 0 Å². The molecular weight excluding hydrogens is 314 g/mol. The van der Waals surface area contributed by atoms with Crippen molar-refractivity contribution in [1.82, 2.24) is 4.98 Å². The monoisotopic (exact) mass is 333 g/mol. The van der Waals surface area contributed by atoms with Gasteiger partial charge in [-0.05, 0) is 30.7 Å². The number of nitrogens with zero attached hydrogens (tertiary/aromatic N) is 1. The average Bonchev–Trinajstić information content (AvgIpc) is 3.06. The summed E-state index contributed by atoms with van der Waals surface area (Å²) < 4.78 is 10.5. The molecule has 5 nitrogen and oxygen atoms in total. The number of Topliss-reactive ketones (excluding diaryl/α,β-unsaturated/α-hetero) is 1. The van der Waals surface area contributed by atoms with Crippen LogP contribution in [0, 0.1) is 0 Å². The third-order valence-electron chi connectivity index (χ3n) is 3.14. The van der Waals surface area contributed by atoms with Crippen LogP contribution in [-0.4, -0.2) is 23.3 Å². The van der Waals surface area contributed by atoms with E-state index in [9.17, 15) is 9.59 Å². The Hall–Kier alpha value is -2.21. The Bertz CT molecular complexity index is 663. The number of carbonyl (C=O) groups is 2. The van der Waals surface area contributed by atoms with E-state index in [4.69, 9.17) is 9.47 Å². The van der Waals surface area contributed by atoms with Crippen LogP contribution in [0.15, 0.2) is 29.6 Å². The molecule has 0 radical (unpaired) electrons. The molecule has 2 aromatic rings. The van der Waals surface area contributed by atoms with Gasteiger partial charge in [0.25, 0.3) is 0 Å². The van der Waals surface area contributed by atoms with Crippen molar-refractivity contribution in [3.05, 3.63) is 45.9 Å². The van der Waals surface area contributed by atoms with Crippen molar-refractivity contribution < 1.29 is 19.1 Å². The lowest BCUT2D eigenvalue weighted by atomic mass is 10.1. The molecule has 0 aliphatic carbocycles. The van der Waals surface area contributed by atoms with Crippen LogP contribution < -0.4 is 4.74 Å². The number of ether oxygens (including phenoxy) is 2. The second-order valence-electron chi connectivity index (χ2n) is 4.84. The van der Waals surface area contributed by atoms with Gasteiger partial charge in [0, 0.05) is 17.4 Å². The molecule has 23 heavy (non-hydrogen) atoms. The molecule has 1 heterocycles. The predicted octanol–water partition coefficient (Wildman–Crippen LogP) is 3.42. The van der Waals surface area contributed by atoms with Gasteiger partial charge in [0.15, 0.2) is 12.4 Å². The summed E-state index contributed by atoms with van der Waals surface area (Å²) in [5.74, 6) is 0.145. The quantitative estimate of drug-likeness (QED) is 0.547. The van der Waals surface area contributed by atoms with Gasteiger partial charge in [-0.2, -0.15) is 0 Å². The molecule has 0 amide bonds. The number of aryl methyl sites for hydroxylation is 1. The van der Waals surface area contributed by atoms with Gasteiger partial charge in [0.05, 0.1) is 10.7 Å². The normalized spacial score (nSPS) is 10.3. The molecule has 6 heteroatoms. The molecule has 0 aliphatic heterocycles.